The number of hydrogen-bond donors (Lipinski definition) is 1. The van der Waals surface area contributed by atoms with Crippen molar-refractivity contribution in [2.75, 3.05) is 6.54 Å². The van der Waals surface area contributed by atoms with Crippen LogP contribution < -0.4 is 5.32 Å². The molecule has 1 aliphatic heterocycles. The smallest absolute Gasteiger partial charge is 0.225 e. The highest BCUT2D eigenvalue weighted by Crippen LogP contribution is 2.30. The lowest BCUT2D eigenvalue weighted by Crippen LogP contribution is -2.44. The lowest BCUT2D eigenvalue weighted by Gasteiger charge is -2.38. The number of likely N-dealkylation sites (tertiary alicyclic amines) is 1. The van der Waals surface area contributed by atoms with Crippen LogP contribution in [0, 0.1) is 5.41 Å². The molecule has 1 fully saturated rings. The van der Waals surface area contributed by atoms with Crippen molar-refractivity contribution in [2.24, 2.45) is 5.41 Å². The van der Waals surface area contributed by atoms with Crippen molar-refractivity contribution >= 4 is 29.1 Å². The fraction of sp³-hybridized carbons (Fsp3) is 0.500. The van der Waals surface area contributed by atoms with E-state index >= 15 is 0 Å². The maximum Gasteiger partial charge on any atom is 0.225 e. The van der Waals surface area contributed by atoms with Crippen LogP contribution in [0.4, 0.5) is 0 Å². The largest absolute Gasteiger partial charge is 0.347 e. The predicted octanol–water partition coefficient (Wildman–Crippen LogP) is 6.04. The van der Waals surface area contributed by atoms with Crippen LogP contribution in [0.3, 0.4) is 0 Å². The van der Waals surface area contributed by atoms with Crippen molar-refractivity contribution in [3.05, 3.63) is 63.9 Å². The van der Waals surface area contributed by atoms with E-state index in [1.165, 1.54) is 12.8 Å². The number of pyridine rings is 1. The Morgan fingerprint density at radius 1 is 1.20 bits per heavy atom. The lowest BCUT2D eigenvalue weighted by molar-refractivity contribution is -0.129. The van der Waals surface area contributed by atoms with Crippen LogP contribution in [0.5, 0.6) is 0 Å². The van der Waals surface area contributed by atoms with Gasteiger partial charge in [0, 0.05) is 24.2 Å². The van der Waals surface area contributed by atoms with Gasteiger partial charge in [0.25, 0.3) is 0 Å². The van der Waals surface area contributed by atoms with Crippen LogP contribution in [-0.4, -0.2) is 28.4 Å². The van der Waals surface area contributed by atoms with E-state index in [9.17, 15) is 4.79 Å². The molecule has 3 rings (SSSR count). The van der Waals surface area contributed by atoms with Gasteiger partial charge in [-0.15, -0.1) is 0 Å². The molecule has 2 aromatic rings. The second-order valence-corrected chi connectivity index (χ2v) is 9.95. The number of piperidine rings is 1. The first kappa shape index (κ1) is 23.1. The van der Waals surface area contributed by atoms with Crippen molar-refractivity contribution in [3.63, 3.8) is 0 Å². The Kier molecular flexibility index (Phi) is 7.78. The van der Waals surface area contributed by atoms with Crippen LogP contribution in [-0.2, 0) is 11.3 Å². The molecule has 2 heterocycles. The van der Waals surface area contributed by atoms with Gasteiger partial charge >= 0.3 is 0 Å². The van der Waals surface area contributed by atoms with E-state index in [4.69, 9.17) is 23.2 Å². The highest BCUT2D eigenvalue weighted by molar-refractivity contribution is 6.42. The number of carbonyl (C=O) groups excluding carboxylic acids is 1. The first-order valence-electron chi connectivity index (χ1n) is 10.6. The Morgan fingerprint density at radius 3 is 2.67 bits per heavy atom. The van der Waals surface area contributed by atoms with Crippen molar-refractivity contribution in [2.45, 2.75) is 65.1 Å². The summed E-state index contributed by atoms with van der Waals surface area (Å²) in [5, 5.41) is 4.42. The minimum atomic E-state index is -0.445. The van der Waals surface area contributed by atoms with Crippen molar-refractivity contribution in [1.29, 1.82) is 0 Å². The summed E-state index contributed by atoms with van der Waals surface area (Å²) in [6, 6.07) is 12.0. The van der Waals surface area contributed by atoms with Gasteiger partial charge in [-0.05, 0) is 55.6 Å². The fourth-order valence-corrected chi connectivity index (χ4v) is 4.21. The van der Waals surface area contributed by atoms with Gasteiger partial charge in [-0.25, -0.2) is 0 Å². The zero-order valence-corrected chi connectivity index (χ0v) is 19.5. The molecule has 4 nitrogen and oxygen atoms in total. The van der Waals surface area contributed by atoms with E-state index in [1.54, 1.807) is 6.20 Å². The Bertz CT molecular complexity index is 851. The molecular weight excluding hydrogens is 417 g/mol. The van der Waals surface area contributed by atoms with Gasteiger partial charge in [-0.2, -0.15) is 0 Å². The van der Waals surface area contributed by atoms with E-state index in [0.29, 0.717) is 16.1 Å². The molecule has 0 aliphatic carbocycles. The Balaban J connectivity index is 1.78. The van der Waals surface area contributed by atoms with E-state index in [2.05, 4.69) is 15.2 Å². The maximum atomic E-state index is 12.8. The summed E-state index contributed by atoms with van der Waals surface area (Å²) >= 11 is 12.3. The summed E-state index contributed by atoms with van der Waals surface area (Å²) in [5.74, 6) is 0.0463. The topological polar surface area (TPSA) is 45.2 Å². The van der Waals surface area contributed by atoms with Crippen molar-refractivity contribution in [1.82, 2.24) is 15.2 Å². The molecule has 2 atom stereocenters. The minimum absolute atomic E-state index is 0.0463. The van der Waals surface area contributed by atoms with Crippen LogP contribution in [0.2, 0.25) is 10.0 Å². The molecule has 6 heteroatoms. The number of halogens is 2. The molecule has 1 saturated heterocycles. The van der Waals surface area contributed by atoms with Crippen LogP contribution in [0.25, 0.3) is 0 Å². The first-order chi connectivity index (χ1) is 14.2. The van der Waals surface area contributed by atoms with Crippen molar-refractivity contribution in [3.8, 4) is 0 Å². The van der Waals surface area contributed by atoms with Crippen LogP contribution >= 0.6 is 23.2 Å². The molecule has 1 aromatic heterocycles. The number of hydrogen-bond acceptors (Lipinski definition) is 3. The summed E-state index contributed by atoms with van der Waals surface area (Å²) in [6.45, 7) is 7.68. The molecule has 30 heavy (non-hydrogen) atoms. The summed E-state index contributed by atoms with van der Waals surface area (Å²) < 4.78 is 0. The number of nitrogens with zero attached hydrogens (tertiary/aromatic N) is 2. The monoisotopic (exact) mass is 447 g/mol. The van der Waals surface area contributed by atoms with Gasteiger partial charge in [0.15, 0.2) is 0 Å². The van der Waals surface area contributed by atoms with Gasteiger partial charge in [-0.3, -0.25) is 14.7 Å². The van der Waals surface area contributed by atoms with Gasteiger partial charge in [0.2, 0.25) is 5.91 Å². The molecule has 1 aliphatic rings. The third kappa shape index (κ3) is 6.19. The molecule has 0 radical (unpaired) electrons. The number of benzene rings is 1. The van der Waals surface area contributed by atoms with Crippen LogP contribution in [0.15, 0.2) is 42.6 Å². The maximum absolute atomic E-state index is 12.8. The molecule has 0 unspecified atom stereocenters. The van der Waals surface area contributed by atoms with Crippen molar-refractivity contribution < 1.29 is 4.79 Å². The molecule has 0 bridgehead atoms. The third-order valence-electron chi connectivity index (χ3n) is 5.66. The van der Waals surface area contributed by atoms with Crippen LogP contribution in [0.1, 0.15) is 63.8 Å². The molecule has 1 amide bonds. The van der Waals surface area contributed by atoms with Gasteiger partial charge in [-0.1, -0.05) is 62.5 Å². The van der Waals surface area contributed by atoms with E-state index < -0.39 is 5.41 Å². The zero-order chi connectivity index (χ0) is 21.7. The highest BCUT2D eigenvalue weighted by atomic mass is 35.5. The standard InChI is InChI=1S/C24H31Cl2N3O/c1-24(2,3)23(30)28-22(21-9-4-6-12-27-21)15-18-8-5-7-13-29(18)16-17-10-11-19(25)20(26)14-17/h4,6,9-12,14,18,22H,5,7-8,13,15-16H2,1-3H3,(H,28,30)/t18-,22-/m1/s1. The molecule has 162 valence electrons. The predicted molar refractivity (Wildman–Crippen MR) is 124 cm³/mol. The van der Waals surface area contributed by atoms with Gasteiger partial charge in [0.1, 0.15) is 0 Å². The van der Waals surface area contributed by atoms with E-state index in [0.717, 1.165) is 37.2 Å². The minimum Gasteiger partial charge on any atom is -0.347 e. The molecule has 0 spiro atoms. The summed E-state index contributed by atoms with van der Waals surface area (Å²) in [6.07, 6.45) is 6.11. The number of amides is 1. The Morgan fingerprint density at radius 2 is 2.00 bits per heavy atom. The molecule has 1 aromatic carbocycles. The number of rotatable bonds is 6. The Labute approximate surface area is 190 Å². The quantitative estimate of drug-likeness (QED) is 0.586. The summed E-state index contributed by atoms with van der Waals surface area (Å²) in [7, 11) is 0. The summed E-state index contributed by atoms with van der Waals surface area (Å²) in [5.41, 5.74) is 1.62. The zero-order valence-electron chi connectivity index (χ0n) is 18.0. The van der Waals surface area contributed by atoms with E-state index in [-0.39, 0.29) is 11.9 Å². The number of aromatic nitrogens is 1. The number of nitrogens with one attached hydrogen (secondary N) is 1. The third-order valence-corrected chi connectivity index (χ3v) is 6.40. The molecule has 0 saturated carbocycles. The van der Waals surface area contributed by atoms with E-state index in [1.807, 2.05) is 57.2 Å². The summed E-state index contributed by atoms with van der Waals surface area (Å²) in [4.78, 5) is 19.8. The highest BCUT2D eigenvalue weighted by Gasteiger charge is 2.30. The molecular formula is C24H31Cl2N3O. The average Bonchev–Trinajstić information content (AvgIpc) is 2.71. The fourth-order valence-electron chi connectivity index (χ4n) is 3.89. The lowest BCUT2D eigenvalue weighted by atomic mass is 9.91. The van der Waals surface area contributed by atoms with Gasteiger partial charge in [0.05, 0.1) is 21.8 Å². The Hall–Kier alpha value is -1.62. The van der Waals surface area contributed by atoms with Gasteiger partial charge < -0.3 is 5.32 Å². The second-order valence-electron chi connectivity index (χ2n) is 9.13. The average molecular weight is 448 g/mol. The first-order valence-corrected chi connectivity index (χ1v) is 11.4. The SMILES string of the molecule is CC(C)(C)C(=O)N[C@H](C[C@H]1CCCCN1Cc1ccc(Cl)c(Cl)c1)c1ccccn1. The second kappa shape index (κ2) is 10.1. The molecule has 1 N–H and O–H groups in total. The normalized spacial score (nSPS) is 18.8. The number of carbonyl (C=O) groups is 1.